The largest absolute Gasteiger partial charge is 0.289 e. The summed E-state index contributed by atoms with van der Waals surface area (Å²) in [6, 6.07) is 16.1. The highest BCUT2D eigenvalue weighted by Crippen LogP contribution is 2.15. The van der Waals surface area contributed by atoms with Crippen molar-refractivity contribution in [1.82, 2.24) is 0 Å². The molecule has 2 aromatic rings. The molecular weight excluding hydrogens is 268 g/mol. The van der Waals surface area contributed by atoms with E-state index in [0.29, 0.717) is 5.92 Å². The number of carbonyl (C=O) groups excluding carboxylic acids is 1. The SMILES string of the molecule is CCCCc1ccc(C(=O)c2ccc(CC(C)C)cc2)cc1. The molecule has 0 fully saturated rings. The van der Waals surface area contributed by atoms with Gasteiger partial charge in [-0.25, -0.2) is 0 Å². The Bertz CT molecular complexity index is 591. The maximum Gasteiger partial charge on any atom is 0.193 e. The molecule has 1 nitrogen and oxygen atoms in total. The van der Waals surface area contributed by atoms with Crippen molar-refractivity contribution in [3.8, 4) is 0 Å². The fourth-order valence-electron chi connectivity index (χ4n) is 2.63. The fraction of sp³-hybridized carbons (Fsp3) is 0.381. The Morgan fingerprint density at radius 3 is 1.82 bits per heavy atom. The first kappa shape index (κ1) is 16.5. The van der Waals surface area contributed by atoms with E-state index in [1.165, 1.54) is 24.0 Å². The van der Waals surface area contributed by atoms with Crippen LogP contribution in [0, 0.1) is 5.92 Å². The van der Waals surface area contributed by atoms with Gasteiger partial charge < -0.3 is 0 Å². The zero-order valence-corrected chi connectivity index (χ0v) is 13.9. The number of benzene rings is 2. The minimum absolute atomic E-state index is 0.109. The summed E-state index contributed by atoms with van der Waals surface area (Å²) in [6.07, 6.45) is 4.55. The summed E-state index contributed by atoms with van der Waals surface area (Å²) in [7, 11) is 0. The topological polar surface area (TPSA) is 17.1 Å². The third-order valence-corrected chi connectivity index (χ3v) is 3.90. The van der Waals surface area contributed by atoms with Crippen molar-refractivity contribution < 1.29 is 4.79 Å². The molecule has 0 saturated carbocycles. The van der Waals surface area contributed by atoms with E-state index in [4.69, 9.17) is 0 Å². The molecule has 0 aromatic heterocycles. The summed E-state index contributed by atoms with van der Waals surface area (Å²) in [5, 5.41) is 0. The summed E-state index contributed by atoms with van der Waals surface area (Å²) in [5.41, 5.74) is 4.15. The number of carbonyl (C=O) groups is 1. The molecule has 0 aliphatic rings. The lowest BCUT2D eigenvalue weighted by Crippen LogP contribution is -2.02. The molecule has 22 heavy (non-hydrogen) atoms. The average molecular weight is 294 g/mol. The van der Waals surface area contributed by atoms with Crippen molar-refractivity contribution in [1.29, 1.82) is 0 Å². The lowest BCUT2D eigenvalue weighted by atomic mass is 9.97. The van der Waals surface area contributed by atoms with Crippen LogP contribution in [0.1, 0.15) is 60.7 Å². The highest BCUT2D eigenvalue weighted by atomic mass is 16.1. The van der Waals surface area contributed by atoms with E-state index in [1.807, 2.05) is 24.3 Å². The van der Waals surface area contributed by atoms with Crippen LogP contribution in [-0.2, 0) is 12.8 Å². The summed E-state index contributed by atoms with van der Waals surface area (Å²) in [6.45, 7) is 6.61. The monoisotopic (exact) mass is 294 g/mol. The van der Waals surface area contributed by atoms with Gasteiger partial charge in [0.15, 0.2) is 5.78 Å². The van der Waals surface area contributed by atoms with Crippen molar-refractivity contribution in [3.63, 3.8) is 0 Å². The summed E-state index contributed by atoms with van der Waals surface area (Å²) in [5.74, 6) is 0.746. The third kappa shape index (κ3) is 4.56. The molecule has 2 rings (SSSR count). The van der Waals surface area contributed by atoms with E-state index in [9.17, 15) is 4.79 Å². The normalized spacial score (nSPS) is 10.9. The zero-order chi connectivity index (χ0) is 15.9. The molecule has 0 unspecified atom stereocenters. The summed E-state index contributed by atoms with van der Waals surface area (Å²) in [4.78, 5) is 12.5. The van der Waals surface area contributed by atoms with Crippen molar-refractivity contribution in [2.24, 2.45) is 5.92 Å². The Morgan fingerprint density at radius 1 is 0.864 bits per heavy atom. The van der Waals surface area contributed by atoms with E-state index < -0.39 is 0 Å². The predicted molar refractivity (Wildman–Crippen MR) is 93.5 cm³/mol. The van der Waals surface area contributed by atoms with Crippen LogP contribution in [0.4, 0.5) is 0 Å². The van der Waals surface area contributed by atoms with E-state index in [1.54, 1.807) is 0 Å². The van der Waals surface area contributed by atoms with Gasteiger partial charge in [0.05, 0.1) is 0 Å². The van der Waals surface area contributed by atoms with Crippen molar-refractivity contribution in [2.45, 2.75) is 46.5 Å². The second kappa shape index (κ2) is 7.93. The average Bonchev–Trinajstić information content (AvgIpc) is 2.53. The molecule has 0 aliphatic heterocycles. The van der Waals surface area contributed by atoms with Crippen LogP contribution in [0.15, 0.2) is 48.5 Å². The number of hydrogen-bond donors (Lipinski definition) is 0. The Kier molecular flexibility index (Phi) is 5.94. The van der Waals surface area contributed by atoms with Gasteiger partial charge in [0, 0.05) is 11.1 Å². The minimum Gasteiger partial charge on any atom is -0.289 e. The maximum absolute atomic E-state index is 12.5. The van der Waals surface area contributed by atoms with Gasteiger partial charge in [0.2, 0.25) is 0 Å². The zero-order valence-electron chi connectivity index (χ0n) is 13.9. The Hall–Kier alpha value is -1.89. The van der Waals surface area contributed by atoms with Crippen LogP contribution >= 0.6 is 0 Å². The molecule has 0 bridgehead atoms. The molecule has 2 aromatic carbocycles. The standard InChI is InChI=1S/C21H26O/c1-4-5-6-17-7-11-19(12-8-17)21(22)20-13-9-18(10-14-20)15-16(2)3/h7-14,16H,4-6,15H2,1-3H3. The van der Waals surface area contributed by atoms with E-state index in [2.05, 4.69) is 45.0 Å². The summed E-state index contributed by atoms with van der Waals surface area (Å²) >= 11 is 0. The van der Waals surface area contributed by atoms with Crippen LogP contribution in [0.5, 0.6) is 0 Å². The molecule has 0 N–H and O–H groups in total. The molecule has 0 radical (unpaired) electrons. The highest BCUT2D eigenvalue weighted by molar-refractivity contribution is 6.08. The molecule has 0 aliphatic carbocycles. The first-order valence-electron chi connectivity index (χ1n) is 8.32. The number of hydrogen-bond acceptors (Lipinski definition) is 1. The van der Waals surface area contributed by atoms with Gasteiger partial charge in [-0.2, -0.15) is 0 Å². The lowest BCUT2D eigenvalue weighted by Gasteiger charge is -2.07. The molecular formula is C21H26O. The first-order valence-corrected chi connectivity index (χ1v) is 8.32. The lowest BCUT2D eigenvalue weighted by molar-refractivity contribution is 0.103. The van der Waals surface area contributed by atoms with Gasteiger partial charge >= 0.3 is 0 Å². The second-order valence-electron chi connectivity index (χ2n) is 6.42. The molecule has 0 amide bonds. The van der Waals surface area contributed by atoms with Crippen molar-refractivity contribution >= 4 is 5.78 Å². The van der Waals surface area contributed by atoms with Crippen molar-refractivity contribution in [2.75, 3.05) is 0 Å². The van der Waals surface area contributed by atoms with Gasteiger partial charge in [-0.1, -0.05) is 75.7 Å². The van der Waals surface area contributed by atoms with E-state index >= 15 is 0 Å². The van der Waals surface area contributed by atoms with Gasteiger partial charge in [-0.05, 0) is 36.3 Å². The molecule has 0 heterocycles. The number of rotatable bonds is 7. The third-order valence-electron chi connectivity index (χ3n) is 3.90. The second-order valence-corrected chi connectivity index (χ2v) is 6.42. The molecule has 1 heteroatoms. The quantitative estimate of drug-likeness (QED) is 0.620. The minimum atomic E-state index is 0.109. The Morgan fingerprint density at radius 2 is 1.36 bits per heavy atom. The first-order chi connectivity index (χ1) is 10.6. The maximum atomic E-state index is 12.5. The van der Waals surface area contributed by atoms with E-state index in [-0.39, 0.29) is 5.78 Å². The number of ketones is 1. The van der Waals surface area contributed by atoms with Crippen LogP contribution in [-0.4, -0.2) is 5.78 Å². The predicted octanol–water partition coefficient (Wildman–Crippen LogP) is 5.46. The van der Waals surface area contributed by atoms with Crippen LogP contribution in [0.3, 0.4) is 0 Å². The van der Waals surface area contributed by atoms with Crippen LogP contribution in [0.25, 0.3) is 0 Å². The molecule has 0 saturated heterocycles. The smallest absolute Gasteiger partial charge is 0.193 e. The highest BCUT2D eigenvalue weighted by Gasteiger charge is 2.09. The number of aryl methyl sites for hydroxylation is 1. The molecule has 0 atom stereocenters. The van der Waals surface area contributed by atoms with Gasteiger partial charge in [0.1, 0.15) is 0 Å². The van der Waals surface area contributed by atoms with Crippen LogP contribution < -0.4 is 0 Å². The van der Waals surface area contributed by atoms with Gasteiger partial charge in [-0.15, -0.1) is 0 Å². The Balaban J connectivity index is 2.07. The fourth-order valence-corrected chi connectivity index (χ4v) is 2.63. The van der Waals surface area contributed by atoms with Crippen LogP contribution in [0.2, 0.25) is 0 Å². The molecule has 116 valence electrons. The molecule has 0 spiro atoms. The van der Waals surface area contributed by atoms with Gasteiger partial charge in [0.25, 0.3) is 0 Å². The summed E-state index contributed by atoms with van der Waals surface area (Å²) < 4.78 is 0. The Labute approximate surface area is 134 Å². The van der Waals surface area contributed by atoms with E-state index in [0.717, 1.165) is 24.0 Å². The number of unbranched alkanes of at least 4 members (excludes halogenated alkanes) is 1. The van der Waals surface area contributed by atoms with Gasteiger partial charge in [-0.3, -0.25) is 4.79 Å². The van der Waals surface area contributed by atoms with Crippen molar-refractivity contribution in [3.05, 3.63) is 70.8 Å².